The second-order valence-corrected chi connectivity index (χ2v) is 6.83. The van der Waals surface area contributed by atoms with Crippen molar-refractivity contribution >= 4 is 28.9 Å². The van der Waals surface area contributed by atoms with E-state index in [1.165, 1.54) is 11.1 Å². The zero-order valence-electron chi connectivity index (χ0n) is 16.0. The van der Waals surface area contributed by atoms with Crippen LogP contribution in [0.1, 0.15) is 32.9 Å². The number of hydrogen-bond donors (Lipinski definition) is 3. The number of ether oxygens (including phenoxy) is 1. The van der Waals surface area contributed by atoms with E-state index in [1.54, 1.807) is 31.4 Å². The molecule has 0 unspecified atom stereocenters. The van der Waals surface area contributed by atoms with E-state index in [-0.39, 0.29) is 11.0 Å². The number of carbonyl (C=O) groups is 1. The first-order chi connectivity index (χ1) is 13.5. The number of aryl methyl sites for hydroxylation is 2. The highest BCUT2D eigenvalue weighted by Crippen LogP contribution is 2.17. The zero-order chi connectivity index (χ0) is 20.1. The third kappa shape index (κ3) is 4.75. The number of anilines is 1. The lowest BCUT2D eigenvalue weighted by atomic mass is 10.0. The average molecular weight is 395 g/mol. The number of aromatic amines is 1. The molecule has 7 heteroatoms. The van der Waals surface area contributed by atoms with Crippen molar-refractivity contribution in [3.05, 3.63) is 76.6 Å². The summed E-state index contributed by atoms with van der Waals surface area (Å²) in [5, 5.41) is 13.2. The van der Waals surface area contributed by atoms with Crippen molar-refractivity contribution in [2.24, 2.45) is 0 Å². The summed E-state index contributed by atoms with van der Waals surface area (Å²) in [4.78, 5) is 12.3. The Morgan fingerprint density at radius 2 is 1.93 bits per heavy atom. The number of benzene rings is 2. The number of aromatic nitrogens is 2. The van der Waals surface area contributed by atoms with Gasteiger partial charge in [-0.05, 0) is 62.0 Å². The molecule has 1 heterocycles. The fourth-order valence-corrected chi connectivity index (χ4v) is 3.06. The number of H-pyrrole nitrogens is 1. The van der Waals surface area contributed by atoms with Gasteiger partial charge in [-0.3, -0.25) is 15.2 Å². The van der Waals surface area contributed by atoms with Crippen molar-refractivity contribution in [1.82, 2.24) is 15.5 Å². The summed E-state index contributed by atoms with van der Waals surface area (Å²) < 4.78 is 5.13. The van der Waals surface area contributed by atoms with Crippen molar-refractivity contribution < 1.29 is 9.53 Å². The third-order valence-corrected chi connectivity index (χ3v) is 4.64. The topological polar surface area (TPSA) is 79.0 Å². The molecule has 28 heavy (non-hydrogen) atoms. The predicted octanol–water partition coefficient (Wildman–Crippen LogP) is 3.75. The number of methoxy groups -OCH3 is 1. The van der Waals surface area contributed by atoms with Gasteiger partial charge in [0.25, 0.3) is 5.91 Å². The Morgan fingerprint density at radius 3 is 2.57 bits per heavy atom. The first-order valence-electron chi connectivity index (χ1n) is 8.82. The van der Waals surface area contributed by atoms with Crippen LogP contribution in [0.3, 0.4) is 0 Å². The monoisotopic (exact) mass is 394 g/mol. The lowest BCUT2D eigenvalue weighted by Crippen LogP contribution is -2.34. The maximum Gasteiger partial charge on any atom is 0.257 e. The zero-order valence-corrected chi connectivity index (χ0v) is 16.8. The van der Waals surface area contributed by atoms with Crippen molar-refractivity contribution in [3.8, 4) is 5.75 Å². The number of nitrogens with zero attached hydrogens (tertiary/aromatic N) is 1. The number of amides is 1. The molecule has 3 aromatic rings. The standard InChI is InChI=1S/C21H22N4O2S/c1-13-19(14(2)25-24-13)11-15-7-9-17(10-8-15)22-21(28)23-20(26)16-5-4-6-18(12-16)27-3/h4-10,12H,11H2,1-3H3,(H,24,25)(H2,22,23,26,28). The molecule has 6 nitrogen and oxygen atoms in total. The molecule has 0 aliphatic heterocycles. The first-order valence-corrected chi connectivity index (χ1v) is 9.23. The van der Waals surface area contributed by atoms with Crippen molar-refractivity contribution in [2.75, 3.05) is 12.4 Å². The van der Waals surface area contributed by atoms with Crippen LogP contribution in [0.5, 0.6) is 5.75 Å². The van der Waals surface area contributed by atoms with Gasteiger partial charge in [0.15, 0.2) is 5.11 Å². The minimum absolute atomic E-state index is 0.238. The number of hydrogen-bond acceptors (Lipinski definition) is 4. The molecule has 144 valence electrons. The van der Waals surface area contributed by atoms with Gasteiger partial charge >= 0.3 is 0 Å². The van der Waals surface area contributed by atoms with Crippen LogP contribution in [0.4, 0.5) is 5.69 Å². The molecule has 0 aliphatic carbocycles. The molecule has 2 aromatic carbocycles. The predicted molar refractivity (Wildman–Crippen MR) is 114 cm³/mol. The Labute approximate surface area is 169 Å². The summed E-state index contributed by atoms with van der Waals surface area (Å²) >= 11 is 5.25. The Kier molecular flexibility index (Phi) is 6.06. The van der Waals surface area contributed by atoms with Crippen LogP contribution in [-0.4, -0.2) is 28.3 Å². The SMILES string of the molecule is COc1cccc(C(=O)NC(=S)Nc2ccc(Cc3c(C)n[nH]c3C)cc2)c1. The Balaban J connectivity index is 1.59. The van der Waals surface area contributed by atoms with Gasteiger partial charge in [0.1, 0.15) is 5.75 Å². The van der Waals surface area contributed by atoms with Crippen LogP contribution in [0.2, 0.25) is 0 Å². The lowest BCUT2D eigenvalue weighted by Gasteiger charge is -2.11. The van der Waals surface area contributed by atoms with Crippen molar-refractivity contribution in [3.63, 3.8) is 0 Å². The second-order valence-electron chi connectivity index (χ2n) is 6.43. The molecule has 0 saturated carbocycles. The van der Waals surface area contributed by atoms with Crippen LogP contribution >= 0.6 is 12.2 Å². The normalized spacial score (nSPS) is 10.4. The van der Waals surface area contributed by atoms with Gasteiger partial charge in [-0.25, -0.2) is 0 Å². The molecule has 0 atom stereocenters. The molecule has 0 radical (unpaired) electrons. The Hall–Kier alpha value is -3.19. The average Bonchev–Trinajstić information content (AvgIpc) is 3.01. The molecule has 3 N–H and O–H groups in total. The molecule has 3 rings (SSSR count). The van der Waals surface area contributed by atoms with Gasteiger partial charge in [-0.1, -0.05) is 18.2 Å². The Morgan fingerprint density at radius 1 is 1.18 bits per heavy atom. The van der Waals surface area contributed by atoms with Gasteiger partial charge in [0.2, 0.25) is 0 Å². The number of carbonyl (C=O) groups excluding carboxylic acids is 1. The van der Waals surface area contributed by atoms with E-state index in [0.29, 0.717) is 11.3 Å². The fourth-order valence-electron chi connectivity index (χ4n) is 2.85. The highest BCUT2D eigenvalue weighted by molar-refractivity contribution is 7.80. The molecular formula is C21H22N4O2S. The quantitative estimate of drug-likeness (QED) is 0.575. The summed E-state index contributed by atoms with van der Waals surface area (Å²) in [5.41, 5.74) is 5.76. The maximum atomic E-state index is 12.3. The number of rotatable bonds is 5. The van der Waals surface area contributed by atoms with E-state index >= 15 is 0 Å². The molecule has 1 aromatic heterocycles. The summed E-state index contributed by atoms with van der Waals surface area (Å²) in [6.07, 6.45) is 0.811. The van der Waals surface area contributed by atoms with Crippen LogP contribution in [0, 0.1) is 13.8 Å². The maximum absolute atomic E-state index is 12.3. The molecule has 0 fully saturated rings. The molecule has 0 spiro atoms. The molecule has 0 bridgehead atoms. The van der Waals surface area contributed by atoms with E-state index in [2.05, 4.69) is 20.8 Å². The van der Waals surface area contributed by atoms with Gasteiger partial charge in [0.05, 0.1) is 12.8 Å². The van der Waals surface area contributed by atoms with Crippen LogP contribution < -0.4 is 15.4 Å². The molecule has 1 amide bonds. The number of nitrogens with one attached hydrogen (secondary N) is 3. The summed E-state index contributed by atoms with van der Waals surface area (Å²) in [6, 6.07) is 14.8. The summed E-state index contributed by atoms with van der Waals surface area (Å²) in [7, 11) is 1.56. The van der Waals surface area contributed by atoms with E-state index in [4.69, 9.17) is 17.0 Å². The van der Waals surface area contributed by atoms with Crippen LogP contribution in [0.15, 0.2) is 48.5 Å². The minimum Gasteiger partial charge on any atom is -0.497 e. The highest BCUT2D eigenvalue weighted by atomic mass is 32.1. The van der Waals surface area contributed by atoms with Crippen molar-refractivity contribution in [1.29, 1.82) is 0 Å². The minimum atomic E-state index is -0.293. The van der Waals surface area contributed by atoms with Crippen LogP contribution in [-0.2, 0) is 6.42 Å². The third-order valence-electron chi connectivity index (χ3n) is 4.43. The second kappa shape index (κ2) is 8.67. The fraction of sp³-hybridized carbons (Fsp3) is 0.190. The molecule has 0 saturated heterocycles. The van der Waals surface area contributed by atoms with E-state index in [0.717, 1.165) is 23.5 Å². The number of thiocarbonyl (C=S) groups is 1. The van der Waals surface area contributed by atoms with Gasteiger partial charge < -0.3 is 10.1 Å². The summed E-state index contributed by atoms with van der Waals surface area (Å²) in [6.45, 7) is 4.02. The van der Waals surface area contributed by atoms with Gasteiger partial charge in [-0.2, -0.15) is 5.10 Å². The van der Waals surface area contributed by atoms with E-state index < -0.39 is 0 Å². The smallest absolute Gasteiger partial charge is 0.257 e. The van der Waals surface area contributed by atoms with E-state index in [1.807, 2.05) is 38.1 Å². The van der Waals surface area contributed by atoms with Gasteiger partial charge in [-0.15, -0.1) is 0 Å². The van der Waals surface area contributed by atoms with Gasteiger partial charge in [0, 0.05) is 28.9 Å². The lowest BCUT2D eigenvalue weighted by molar-refractivity contribution is 0.0977. The molecular weight excluding hydrogens is 372 g/mol. The summed E-state index contributed by atoms with van der Waals surface area (Å²) in [5.74, 6) is 0.323. The largest absolute Gasteiger partial charge is 0.497 e. The van der Waals surface area contributed by atoms with E-state index in [9.17, 15) is 4.79 Å². The molecule has 0 aliphatic rings. The van der Waals surface area contributed by atoms with Crippen molar-refractivity contribution in [2.45, 2.75) is 20.3 Å². The Bertz CT molecular complexity index is 976. The first kappa shape index (κ1) is 19.6. The van der Waals surface area contributed by atoms with Crippen LogP contribution in [0.25, 0.3) is 0 Å². The highest BCUT2D eigenvalue weighted by Gasteiger charge is 2.10.